The number of amides is 1. The third-order valence-electron chi connectivity index (χ3n) is 3.27. The van der Waals surface area contributed by atoms with E-state index in [9.17, 15) is 4.79 Å². The van der Waals surface area contributed by atoms with Crippen molar-refractivity contribution in [3.63, 3.8) is 0 Å². The first-order valence-electron chi connectivity index (χ1n) is 6.94. The molecule has 23 heavy (non-hydrogen) atoms. The highest BCUT2D eigenvalue weighted by atomic mass is 35.5. The van der Waals surface area contributed by atoms with Crippen LogP contribution >= 0.6 is 23.2 Å². The highest BCUT2D eigenvalue weighted by molar-refractivity contribution is 6.31. The second kappa shape index (κ2) is 6.86. The number of anilines is 1. The molecule has 1 N–H and O–H groups in total. The summed E-state index contributed by atoms with van der Waals surface area (Å²) in [5.74, 6) is -0.238. The Morgan fingerprint density at radius 2 is 1.96 bits per heavy atom. The van der Waals surface area contributed by atoms with Gasteiger partial charge in [-0.3, -0.25) is 9.48 Å². The summed E-state index contributed by atoms with van der Waals surface area (Å²) in [7, 11) is 0. The van der Waals surface area contributed by atoms with Crippen LogP contribution in [-0.2, 0) is 6.54 Å². The van der Waals surface area contributed by atoms with Gasteiger partial charge in [0.1, 0.15) is 0 Å². The van der Waals surface area contributed by atoms with E-state index in [1.54, 1.807) is 35.1 Å². The third-order valence-corrected chi connectivity index (χ3v) is 3.87. The van der Waals surface area contributed by atoms with Crippen LogP contribution in [0.1, 0.15) is 15.9 Å². The fourth-order valence-corrected chi connectivity index (χ4v) is 2.52. The number of carbonyl (C=O) groups excluding carboxylic acids is 1. The molecule has 0 spiro atoms. The first-order valence-corrected chi connectivity index (χ1v) is 7.70. The van der Waals surface area contributed by atoms with Crippen molar-refractivity contribution >= 4 is 34.8 Å². The Kier molecular flexibility index (Phi) is 4.65. The van der Waals surface area contributed by atoms with Gasteiger partial charge in [-0.25, -0.2) is 0 Å². The van der Waals surface area contributed by atoms with Crippen LogP contribution in [0.15, 0.2) is 60.9 Å². The predicted octanol–water partition coefficient (Wildman–Crippen LogP) is 4.49. The van der Waals surface area contributed by atoms with Crippen LogP contribution in [0.4, 0.5) is 5.69 Å². The lowest BCUT2D eigenvalue weighted by molar-refractivity contribution is 0.102. The molecule has 1 heterocycles. The number of halogens is 2. The van der Waals surface area contributed by atoms with E-state index in [-0.39, 0.29) is 5.91 Å². The zero-order valence-corrected chi connectivity index (χ0v) is 13.6. The summed E-state index contributed by atoms with van der Waals surface area (Å²) in [5.41, 5.74) is 2.05. The topological polar surface area (TPSA) is 46.9 Å². The summed E-state index contributed by atoms with van der Waals surface area (Å²) in [6, 6.07) is 14.5. The second-order valence-corrected chi connectivity index (χ2v) is 5.83. The van der Waals surface area contributed by atoms with E-state index >= 15 is 0 Å². The molecule has 0 atom stereocenters. The van der Waals surface area contributed by atoms with Crippen molar-refractivity contribution in [3.05, 3.63) is 82.1 Å². The van der Waals surface area contributed by atoms with Gasteiger partial charge in [0.2, 0.25) is 0 Å². The lowest BCUT2D eigenvalue weighted by atomic mass is 10.2. The molecule has 1 amide bonds. The van der Waals surface area contributed by atoms with Crippen molar-refractivity contribution in [2.24, 2.45) is 0 Å². The van der Waals surface area contributed by atoms with Gasteiger partial charge in [0.15, 0.2) is 0 Å². The van der Waals surface area contributed by atoms with Gasteiger partial charge < -0.3 is 5.32 Å². The first kappa shape index (κ1) is 15.6. The number of nitrogens with zero attached hydrogens (tertiary/aromatic N) is 2. The molecule has 6 heteroatoms. The van der Waals surface area contributed by atoms with Crippen molar-refractivity contribution in [1.29, 1.82) is 0 Å². The summed E-state index contributed by atoms with van der Waals surface area (Å²) in [4.78, 5) is 12.2. The monoisotopic (exact) mass is 345 g/mol. The summed E-state index contributed by atoms with van der Waals surface area (Å²) in [6.45, 7) is 0.504. The molecule has 2 aromatic carbocycles. The minimum absolute atomic E-state index is 0.238. The molecule has 116 valence electrons. The van der Waals surface area contributed by atoms with Crippen molar-refractivity contribution in [2.45, 2.75) is 6.54 Å². The van der Waals surface area contributed by atoms with Gasteiger partial charge in [-0.1, -0.05) is 47.5 Å². The number of hydrogen-bond acceptors (Lipinski definition) is 2. The molecular formula is C17H13Cl2N3O. The zero-order chi connectivity index (χ0) is 16.2. The Labute approximate surface area is 143 Å². The molecule has 0 aliphatic carbocycles. The average molecular weight is 346 g/mol. The Bertz CT molecular complexity index is 845. The van der Waals surface area contributed by atoms with E-state index in [2.05, 4.69) is 10.4 Å². The number of benzene rings is 2. The number of nitrogens with one attached hydrogen (secondary N) is 1. The lowest BCUT2D eigenvalue weighted by Gasteiger charge is -2.04. The molecule has 0 fully saturated rings. The predicted molar refractivity (Wildman–Crippen MR) is 92.2 cm³/mol. The van der Waals surface area contributed by atoms with E-state index in [0.29, 0.717) is 27.8 Å². The highest BCUT2D eigenvalue weighted by Crippen LogP contribution is 2.17. The van der Waals surface area contributed by atoms with Crippen LogP contribution in [0.25, 0.3) is 0 Å². The first-order chi connectivity index (χ1) is 11.1. The molecule has 0 aliphatic rings. The van der Waals surface area contributed by atoms with Gasteiger partial charge in [-0.2, -0.15) is 5.10 Å². The van der Waals surface area contributed by atoms with E-state index in [4.69, 9.17) is 23.2 Å². The minimum atomic E-state index is -0.238. The second-order valence-electron chi connectivity index (χ2n) is 4.98. The fraction of sp³-hybridized carbons (Fsp3) is 0.0588. The lowest BCUT2D eigenvalue weighted by Crippen LogP contribution is -2.11. The standard InChI is InChI=1S/C17H13Cl2N3O/c18-14-5-3-6-15(8-14)21-17(23)13-9-20-22(11-13)10-12-4-1-2-7-16(12)19/h1-9,11H,10H2,(H,21,23). The maximum absolute atomic E-state index is 12.2. The number of hydrogen-bond donors (Lipinski definition) is 1. The van der Waals surface area contributed by atoms with Crippen molar-refractivity contribution in [3.8, 4) is 0 Å². The zero-order valence-electron chi connectivity index (χ0n) is 12.0. The summed E-state index contributed by atoms with van der Waals surface area (Å²) < 4.78 is 1.67. The summed E-state index contributed by atoms with van der Waals surface area (Å²) in [5, 5.41) is 8.23. The largest absolute Gasteiger partial charge is 0.322 e. The summed E-state index contributed by atoms with van der Waals surface area (Å²) in [6.07, 6.45) is 3.21. The highest BCUT2D eigenvalue weighted by Gasteiger charge is 2.10. The van der Waals surface area contributed by atoms with Gasteiger partial charge in [0, 0.05) is 21.9 Å². The minimum Gasteiger partial charge on any atom is -0.322 e. The van der Waals surface area contributed by atoms with Crippen LogP contribution in [-0.4, -0.2) is 15.7 Å². The number of aromatic nitrogens is 2. The van der Waals surface area contributed by atoms with Gasteiger partial charge >= 0.3 is 0 Å². The fourth-order valence-electron chi connectivity index (χ4n) is 2.14. The third kappa shape index (κ3) is 3.92. The molecule has 0 bridgehead atoms. The molecule has 3 rings (SSSR count). The molecule has 0 aliphatic heterocycles. The average Bonchev–Trinajstić information content (AvgIpc) is 2.98. The normalized spacial score (nSPS) is 10.5. The van der Waals surface area contributed by atoms with Gasteiger partial charge in [-0.05, 0) is 29.8 Å². The quantitative estimate of drug-likeness (QED) is 0.757. The van der Waals surface area contributed by atoms with Crippen LogP contribution in [0.5, 0.6) is 0 Å². The van der Waals surface area contributed by atoms with E-state index in [1.165, 1.54) is 6.20 Å². The van der Waals surface area contributed by atoms with Crippen molar-refractivity contribution < 1.29 is 4.79 Å². The molecule has 0 saturated carbocycles. The molecule has 1 aromatic heterocycles. The SMILES string of the molecule is O=C(Nc1cccc(Cl)c1)c1cnn(Cc2ccccc2Cl)c1. The molecule has 3 aromatic rings. The molecule has 0 radical (unpaired) electrons. The van der Waals surface area contributed by atoms with E-state index in [0.717, 1.165) is 5.56 Å². The van der Waals surface area contributed by atoms with Gasteiger partial charge in [0.25, 0.3) is 5.91 Å². The van der Waals surface area contributed by atoms with Crippen molar-refractivity contribution in [2.75, 3.05) is 5.32 Å². The van der Waals surface area contributed by atoms with Gasteiger partial charge in [0.05, 0.1) is 18.3 Å². The number of carbonyl (C=O) groups is 1. The Hall–Kier alpha value is -2.30. The van der Waals surface area contributed by atoms with Crippen LogP contribution in [0, 0.1) is 0 Å². The van der Waals surface area contributed by atoms with E-state index in [1.807, 2.05) is 24.3 Å². The molecular weight excluding hydrogens is 333 g/mol. The maximum Gasteiger partial charge on any atom is 0.258 e. The molecule has 0 unspecified atom stereocenters. The van der Waals surface area contributed by atoms with Crippen LogP contribution < -0.4 is 5.32 Å². The van der Waals surface area contributed by atoms with Gasteiger partial charge in [-0.15, -0.1) is 0 Å². The Balaban J connectivity index is 1.71. The van der Waals surface area contributed by atoms with E-state index < -0.39 is 0 Å². The van der Waals surface area contributed by atoms with Crippen molar-refractivity contribution in [1.82, 2.24) is 9.78 Å². The Morgan fingerprint density at radius 1 is 1.13 bits per heavy atom. The number of rotatable bonds is 4. The smallest absolute Gasteiger partial charge is 0.258 e. The van der Waals surface area contributed by atoms with Crippen LogP contribution in [0.3, 0.4) is 0 Å². The molecule has 0 saturated heterocycles. The van der Waals surface area contributed by atoms with Crippen LogP contribution in [0.2, 0.25) is 10.0 Å². The Morgan fingerprint density at radius 3 is 2.74 bits per heavy atom. The maximum atomic E-state index is 12.2. The molecule has 4 nitrogen and oxygen atoms in total. The summed E-state index contributed by atoms with van der Waals surface area (Å²) >= 11 is 12.0.